The van der Waals surface area contributed by atoms with Crippen molar-refractivity contribution in [2.75, 3.05) is 6.61 Å². The molecule has 0 saturated carbocycles. The smallest absolute Gasteiger partial charge is 0.331 e. The largest absolute Gasteiger partial charge is 0.489 e. The zero-order chi connectivity index (χ0) is 12.8. The Morgan fingerprint density at radius 3 is 2.65 bits per heavy atom. The van der Waals surface area contributed by atoms with Crippen LogP contribution in [0, 0.1) is 13.8 Å². The van der Waals surface area contributed by atoms with Crippen molar-refractivity contribution in [3.8, 4) is 5.75 Å². The van der Waals surface area contributed by atoms with Gasteiger partial charge in [0.1, 0.15) is 12.4 Å². The molecule has 1 rings (SSSR count). The Balaban J connectivity index is 2.65. The van der Waals surface area contributed by atoms with Gasteiger partial charge in [-0.15, -0.1) is 0 Å². The summed E-state index contributed by atoms with van der Waals surface area (Å²) in [5.74, 6) is -0.0792. The molecule has 0 heterocycles. The second kappa shape index (κ2) is 6.09. The summed E-state index contributed by atoms with van der Waals surface area (Å²) in [6.07, 6.45) is 2.12. The van der Waals surface area contributed by atoms with Crippen LogP contribution in [0.4, 0.5) is 0 Å². The van der Waals surface area contributed by atoms with Gasteiger partial charge in [-0.25, -0.2) is 4.79 Å². The molecule has 0 atom stereocenters. The van der Waals surface area contributed by atoms with E-state index in [1.165, 1.54) is 5.56 Å². The van der Waals surface area contributed by atoms with Gasteiger partial charge in [-0.2, -0.15) is 0 Å². The van der Waals surface area contributed by atoms with Crippen LogP contribution in [0.25, 0.3) is 0 Å². The van der Waals surface area contributed by atoms with Crippen LogP contribution in [0.15, 0.2) is 29.8 Å². The van der Waals surface area contributed by atoms with Gasteiger partial charge in [0.15, 0.2) is 0 Å². The van der Waals surface area contributed by atoms with Crippen LogP contribution in [0.1, 0.15) is 24.5 Å². The van der Waals surface area contributed by atoms with Crippen LogP contribution < -0.4 is 4.74 Å². The molecule has 0 aliphatic rings. The van der Waals surface area contributed by atoms with Gasteiger partial charge in [-0.05, 0) is 38.0 Å². The Labute approximate surface area is 102 Å². The highest BCUT2D eigenvalue weighted by Crippen LogP contribution is 2.18. The summed E-state index contributed by atoms with van der Waals surface area (Å²) in [5.41, 5.74) is 2.63. The summed E-state index contributed by atoms with van der Waals surface area (Å²) < 4.78 is 5.53. The number of hydrogen-bond acceptors (Lipinski definition) is 2. The van der Waals surface area contributed by atoms with Crippen LogP contribution in [0.2, 0.25) is 0 Å². The number of carbonyl (C=O) groups is 1. The average molecular weight is 234 g/mol. The van der Waals surface area contributed by atoms with Gasteiger partial charge in [0.2, 0.25) is 0 Å². The van der Waals surface area contributed by atoms with Crippen molar-refractivity contribution in [3.05, 3.63) is 41.0 Å². The molecule has 0 bridgehead atoms. The predicted octanol–water partition coefficient (Wildman–Crippen LogP) is 3.10. The van der Waals surface area contributed by atoms with Gasteiger partial charge in [-0.3, -0.25) is 0 Å². The molecule has 0 aliphatic heterocycles. The predicted molar refractivity (Wildman–Crippen MR) is 67.4 cm³/mol. The topological polar surface area (TPSA) is 46.5 Å². The zero-order valence-corrected chi connectivity index (χ0v) is 10.5. The Morgan fingerprint density at radius 1 is 1.41 bits per heavy atom. The minimum absolute atomic E-state index is 0.291. The molecular formula is C14H18O3. The van der Waals surface area contributed by atoms with E-state index in [1.807, 2.05) is 39.0 Å². The van der Waals surface area contributed by atoms with Gasteiger partial charge in [0.25, 0.3) is 0 Å². The first-order chi connectivity index (χ1) is 8.04. The van der Waals surface area contributed by atoms with Gasteiger partial charge in [0.05, 0.1) is 0 Å². The highest BCUT2D eigenvalue weighted by molar-refractivity contribution is 5.86. The van der Waals surface area contributed by atoms with E-state index in [9.17, 15) is 4.79 Å². The maximum Gasteiger partial charge on any atom is 0.331 e. The molecule has 3 heteroatoms. The van der Waals surface area contributed by atoms with E-state index < -0.39 is 5.97 Å². The Hall–Kier alpha value is -1.77. The monoisotopic (exact) mass is 234 g/mol. The molecule has 3 nitrogen and oxygen atoms in total. The number of aliphatic carboxylic acids is 1. The third-order valence-corrected chi connectivity index (χ3v) is 2.55. The first-order valence-corrected chi connectivity index (χ1v) is 5.67. The molecular weight excluding hydrogens is 216 g/mol. The molecule has 0 unspecified atom stereocenters. The summed E-state index contributed by atoms with van der Waals surface area (Å²) in [4.78, 5) is 10.8. The molecule has 0 radical (unpaired) electrons. The molecule has 0 fully saturated rings. The fraction of sp³-hybridized carbons (Fsp3) is 0.357. The lowest BCUT2D eigenvalue weighted by atomic mass is 10.1. The lowest BCUT2D eigenvalue weighted by Crippen LogP contribution is -2.03. The molecule has 1 N–H and O–H groups in total. The standard InChI is InChI=1S/C14H18O3/c1-4-12(14(15)16)7-8-17-13-6-5-10(2)9-11(13)3/h5-7,9H,4,8H2,1-3H3,(H,15,16). The third kappa shape index (κ3) is 3.94. The quantitative estimate of drug-likeness (QED) is 0.796. The first kappa shape index (κ1) is 13.3. The van der Waals surface area contributed by atoms with E-state index in [-0.39, 0.29) is 0 Å². The van der Waals surface area contributed by atoms with Crippen molar-refractivity contribution in [2.45, 2.75) is 27.2 Å². The van der Waals surface area contributed by atoms with Crippen molar-refractivity contribution in [1.82, 2.24) is 0 Å². The lowest BCUT2D eigenvalue weighted by molar-refractivity contribution is -0.132. The minimum atomic E-state index is -0.878. The molecule has 0 amide bonds. The van der Waals surface area contributed by atoms with Crippen molar-refractivity contribution in [1.29, 1.82) is 0 Å². The highest BCUT2D eigenvalue weighted by atomic mass is 16.5. The fourth-order valence-electron chi connectivity index (χ4n) is 1.58. The molecule has 0 aliphatic carbocycles. The minimum Gasteiger partial charge on any atom is -0.489 e. The molecule has 0 saturated heterocycles. The van der Waals surface area contributed by atoms with E-state index in [0.29, 0.717) is 18.6 Å². The number of carboxylic acid groups (broad SMARTS) is 1. The van der Waals surface area contributed by atoms with Crippen LogP contribution >= 0.6 is 0 Å². The number of ether oxygens (including phenoxy) is 1. The van der Waals surface area contributed by atoms with E-state index in [4.69, 9.17) is 9.84 Å². The van der Waals surface area contributed by atoms with E-state index >= 15 is 0 Å². The molecule has 0 aromatic heterocycles. The van der Waals surface area contributed by atoms with Crippen LogP contribution in [0.5, 0.6) is 5.75 Å². The maximum absolute atomic E-state index is 10.8. The van der Waals surface area contributed by atoms with Gasteiger partial charge >= 0.3 is 5.97 Å². The Bertz CT molecular complexity index is 433. The summed E-state index contributed by atoms with van der Waals surface area (Å²) >= 11 is 0. The number of rotatable bonds is 5. The maximum atomic E-state index is 10.8. The summed E-state index contributed by atoms with van der Waals surface area (Å²) in [6, 6.07) is 5.92. The molecule has 1 aromatic carbocycles. The summed E-state index contributed by atoms with van der Waals surface area (Å²) in [5, 5.41) is 8.84. The van der Waals surface area contributed by atoms with Crippen LogP contribution in [-0.4, -0.2) is 17.7 Å². The second-order valence-electron chi connectivity index (χ2n) is 3.97. The number of hydrogen-bond donors (Lipinski definition) is 1. The van der Waals surface area contributed by atoms with Crippen molar-refractivity contribution in [2.24, 2.45) is 0 Å². The van der Waals surface area contributed by atoms with Gasteiger partial charge in [0, 0.05) is 5.57 Å². The summed E-state index contributed by atoms with van der Waals surface area (Å²) in [7, 11) is 0. The van der Waals surface area contributed by atoms with Crippen LogP contribution in [0.3, 0.4) is 0 Å². The molecule has 17 heavy (non-hydrogen) atoms. The lowest BCUT2D eigenvalue weighted by Gasteiger charge is -2.08. The van der Waals surface area contributed by atoms with Crippen molar-refractivity contribution < 1.29 is 14.6 Å². The number of carboxylic acids is 1. The average Bonchev–Trinajstić information content (AvgIpc) is 2.26. The van der Waals surface area contributed by atoms with Gasteiger partial charge in [-0.1, -0.05) is 24.6 Å². The van der Waals surface area contributed by atoms with E-state index in [0.717, 1.165) is 11.3 Å². The fourth-order valence-corrected chi connectivity index (χ4v) is 1.58. The highest BCUT2D eigenvalue weighted by Gasteiger charge is 2.04. The van der Waals surface area contributed by atoms with Crippen molar-refractivity contribution in [3.63, 3.8) is 0 Å². The third-order valence-electron chi connectivity index (χ3n) is 2.55. The normalized spacial score (nSPS) is 11.4. The first-order valence-electron chi connectivity index (χ1n) is 5.67. The van der Waals surface area contributed by atoms with Gasteiger partial charge < -0.3 is 9.84 Å². The summed E-state index contributed by atoms with van der Waals surface area (Å²) in [6.45, 7) is 6.11. The number of aryl methyl sites for hydroxylation is 2. The number of benzene rings is 1. The molecule has 1 aromatic rings. The SMILES string of the molecule is CCC(=CCOc1ccc(C)cc1C)C(=O)O. The molecule has 92 valence electrons. The second-order valence-corrected chi connectivity index (χ2v) is 3.97. The van der Waals surface area contributed by atoms with E-state index in [1.54, 1.807) is 6.08 Å². The Kier molecular flexibility index (Phi) is 4.76. The van der Waals surface area contributed by atoms with E-state index in [2.05, 4.69) is 0 Å². The zero-order valence-electron chi connectivity index (χ0n) is 10.5. The van der Waals surface area contributed by atoms with Crippen molar-refractivity contribution >= 4 is 5.97 Å². The molecule has 0 spiro atoms. The Morgan fingerprint density at radius 2 is 2.12 bits per heavy atom. The van der Waals surface area contributed by atoms with Crippen LogP contribution in [-0.2, 0) is 4.79 Å².